The molecule has 1 aromatic rings. The van der Waals surface area contributed by atoms with Crippen LogP contribution in [-0.2, 0) is 28.8 Å². The third-order valence-electron chi connectivity index (χ3n) is 6.99. The second kappa shape index (κ2) is 12.8. The van der Waals surface area contributed by atoms with Gasteiger partial charge in [-0.2, -0.15) is 0 Å². The summed E-state index contributed by atoms with van der Waals surface area (Å²) in [5.41, 5.74) is 11.7. The lowest BCUT2D eigenvalue weighted by Gasteiger charge is -2.25. The number of benzene rings is 1. The monoisotopic (exact) mass is 503 g/mol. The number of hydrogen-bond donors (Lipinski definition) is 5. The van der Waals surface area contributed by atoms with Gasteiger partial charge in [0, 0.05) is 5.92 Å². The molecule has 1 saturated heterocycles. The Morgan fingerprint density at radius 3 is 2.03 bits per heavy atom. The second-order valence-electron chi connectivity index (χ2n) is 9.42. The minimum Gasteiger partial charge on any atom is -0.481 e. The number of primary amides is 2. The van der Waals surface area contributed by atoms with E-state index in [0.717, 1.165) is 5.56 Å². The first-order chi connectivity index (χ1) is 16.9. The molecule has 1 aromatic carbocycles. The van der Waals surface area contributed by atoms with E-state index >= 15 is 0 Å². The van der Waals surface area contributed by atoms with Gasteiger partial charge in [-0.3, -0.25) is 34.1 Å². The molecule has 36 heavy (non-hydrogen) atoms. The Morgan fingerprint density at radius 2 is 1.50 bits per heavy atom. The third-order valence-corrected chi connectivity index (χ3v) is 6.99. The summed E-state index contributed by atoms with van der Waals surface area (Å²) in [5, 5.41) is 21.0. The largest absolute Gasteiger partial charge is 0.481 e. The lowest BCUT2D eigenvalue weighted by molar-refractivity contribution is -0.147. The Hall–Kier alpha value is -3.76. The van der Waals surface area contributed by atoms with Crippen molar-refractivity contribution in [2.75, 3.05) is 0 Å². The Labute approximate surface area is 208 Å². The van der Waals surface area contributed by atoms with E-state index in [1.54, 1.807) is 0 Å². The van der Waals surface area contributed by atoms with Crippen LogP contribution < -0.4 is 16.8 Å². The number of carboxylic acids is 2. The Morgan fingerprint density at radius 1 is 0.889 bits per heavy atom. The van der Waals surface area contributed by atoms with Gasteiger partial charge in [0.25, 0.3) is 0 Å². The van der Waals surface area contributed by atoms with E-state index in [9.17, 15) is 33.9 Å². The van der Waals surface area contributed by atoms with Gasteiger partial charge < -0.3 is 21.7 Å². The van der Waals surface area contributed by atoms with Crippen LogP contribution in [0.25, 0.3) is 0 Å². The van der Waals surface area contributed by atoms with Gasteiger partial charge in [-0.15, -0.1) is 0 Å². The zero-order valence-electron chi connectivity index (χ0n) is 20.1. The van der Waals surface area contributed by atoms with E-state index in [0.29, 0.717) is 6.42 Å². The third kappa shape index (κ3) is 7.62. The van der Waals surface area contributed by atoms with E-state index in [2.05, 4.69) is 5.32 Å². The van der Waals surface area contributed by atoms with E-state index in [1.165, 1.54) is 0 Å². The van der Waals surface area contributed by atoms with Crippen molar-refractivity contribution in [2.24, 2.45) is 41.1 Å². The van der Waals surface area contributed by atoms with Gasteiger partial charge in [-0.05, 0) is 43.6 Å². The van der Waals surface area contributed by atoms with Crippen LogP contribution in [-0.4, -0.2) is 45.8 Å². The summed E-state index contributed by atoms with van der Waals surface area (Å²) >= 11 is 0. The minimum absolute atomic E-state index is 0.0194. The number of carbonyl (C=O) groups excluding carboxylic acids is 4. The topological polar surface area (TPSA) is 207 Å². The smallest absolute Gasteiger partial charge is 0.307 e. The lowest BCUT2D eigenvalue weighted by atomic mass is 9.77. The van der Waals surface area contributed by atoms with Crippen LogP contribution in [0.2, 0.25) is 0 Å². The second-order valence-corrected chi connectivity index (χ2v) is 9.42. The highest BCUT2D eigenvalue weighted by atomic mass is 16.4. The van der Waals surface area contributed by atoms with Crippen LogP contribution in [0.4, 0.5) is 0 Å². The number of carbonyl (C=O) groups is 6. The highest BCUT2D eigenvalue weighted by Gasteiger charge is 2.43. The van der Waals surface area contributed by atoms with Crippen LogP contribution in [0.15, 0.2) is 30.3 Å². The van der Waals surface area contributed by atoms with E-state index in [1.807, 2.05) is 37.3 Å². The molecular formula is C25H33N3O8. The fourth-order valence-corrected chi connectivity index (χ4v) is 4.91. The molecule has 4 amide bonds. The average molecular weight is 504 g/mol. The molecule has 6 unspecified atom stereocenters. The fraction of sp³-hybridized carbons (Fsp3) is 0.520. The van der Waals surface area contributed by atoms with Crippen molar-refractivity contribution < 1.29 is 39.0 Å². The summed E-state index contributed by atoms with van der Waals surface area (Å²) < 4.78 is 0. The maximum Gasteiger partial charge on any atom is 0.307 e. The van der Waals surface area contributed by atoms with Crippen molar-refractivity contribution in [2.45, 2.75) is 51.4 Å². The van der Waals surface area contributed by atoms with Crippen LogP contribution in [0.1, 0.15) is 56.9 Å². The molecule has 0 spiro atoms. The fourth-order valence-electron chi connectivity index (χ4n) is 4.91. The normalized spacial score (nSPS) is 20.7. The van der Waals surface area contributed by atoms with Crippen LogP contribution in [0.3, 0.4) is 0 Å². The number of amides is 4. The van der Waals surface area contributed by atoms with E-state index in [-0.39, 0.29) is 31.6 Å². The molecule has 11 nitrogen and oxygen atoms in total. The first-order valence-electron chi connectivity index (χ1n) is 11.8. The summed E-state index contributed by atoms with van der Waals surface area (Å²) in [5.74, 6) is -10.2. The molecule has 1 aliphatic rings. The van der Waals surface area contributed by atoms with Gasteiger partial charge in [-0.25, -0.2) is 0 Å². The van der Waals surface area contributed by atoms with Crippen LogP contribution in [0, 0.1) is 29.6 Å². The zero-order chi connectivity index (χ0) is 27.0. The number of imide groups is 1. The Balaban J connectivity index is 2.13. The predicted molar refractivity (Wildman–Crippen MR) is 127 cm³/mol. The maximum absolute atomic E-state index is 12.5. The van der Waals surface area contributed by atoms with Gasteiger partial charge in [0.05, 0.1) is 30.1 Å². The summed E-state index contributed by atoms with van der Waals surface area (Å²) in [6.45, 7) is 1.95. The summed E-state index contributed by atoms with van der Waals surface area (Å²) in [6.07, 6.45) is -0.514. The van der Waals surface area contributed by atoms with E-state index in [4.69, 9.17) is 16.6 Å². The summed E-state index contributed by atoms with van der Waals surface area (Å²) in [6, 6.07) is 9.50. The quantitative estimate of drug-likeness (QED) is 0.218. The van der Waals surface area contributed by atoms with E-state index < -0.39 is 71.6 Å². The molecule has 2 rings (SSSR count). The van der Waals surface area contributed by atoms with Crippen molar-refractivity contribution in [1.29, 1.82) is 0 Å². The van der Waals surface area contributed by atoms with Gasteiger partial charge >= 0.3 is 11.9 Å². The maximum atomic E-state index is 12.5. The molecule has 1 heterocycles. The van der Waals surface area contributed by atoms with Gasteiger partial charge in [0.2, 0.25) is 23.6 Å². The Kier molecular flexibility index (Phi) is 10.1. The average Bonchev–Trinajstić information content (AvgIpc) is 3.06. The van der Waals surface area contributed by atoms with Crippen molar-refractivity contribution in [3.63, 3.8) is 0 Å². The molecule has 0 aromatic heterocycles. The highest BCUT2D eigenvalue weighted by molar-refractivity contribution is 6.05. The van der Waals surface area contributed by atoms with Gasteiger partial charge in [-0.1, -0.05) is 37.3 Å². The lowest BCUT2D eigenvalue weighted by Crippen LogP contribution is -2.36. The molecule has 0 radical (unpaired) electrons. The predicted octanol–water partition coefficient (Wildman–Crippen LogP) is 1.01. The summed E-state index contributed by atoms with van der Waals surface area (Å²) in [7, 11) is 0. The van der Waals surface area contributed by atoms with Crippen molar-refractivity contribution in [3.8, 4) is 0 Å². The number of nitrogens with one attached hydrogen (secondary N) is 1. The first kappa shape index (κ1) is 28.5. The number of aliphatic carboxylic acids is 2. The molecule has 11 heteroatoms. The molecular weight excluding hydrogens is 470 g/mol. The molecule has 7 N–H and O–H groups in total. The first-order valence-corrected chi connectivity index (χ1v) is 11.8. The number of rotatable bonds is 15. The summed E-state index contributed by atoms with van der Waals surface area (Å²) in [4.78, 5) is 71.7. The molecule has 1 aliphatic heterocycles. The molecule has 0 bridgehead atoms. The van der Waals surface area contributed by atoms with Gasteiger partial charge in [0.15, 0.2) is 0 Å². The number of nitrogens with two attached hydrogens (primary N) is 2. The highest BCUT2D eigenvalue weighted by Crippen LogP contribution is 2.35. The SMILES string of the molecule is CC(CC1C(=O)NC(=O)C1CCC(C(N)=O)C(CCC(CC(=O)O)C(N)=O)C(=O)O)c1ccccc1. The zero-order valence-corrected chi connectivity index (χ0v) is 20.1. The van der Waals surface area contributed by atoms with Crippen LogP contribution >= 0.6 is 0 Å². The molecule has 0 saturated carbocycles. The molecule has 1 fully saturated rings. The molecule has 0 aliphatic carbocycles. The van der Waals surface area contributed by atoms with Crippen molar-refractivity contribution in [1.82, 2.24) is 5.32 Å². The van der Waals surface area contributed by atoms with Crippen molar-refractivity contribution in [3.05, 3.63) is 35.9 Å². The minimum atomic E-state index is -1.33. The van der Waals surface area contributed by atoms with Crippen LogP contribution in [0.5, 0.6) is 0 Å². The molecule has 196 valence electrons. The Bertz CT molecular complexity index is 996. The number of hydrogen-bond acceptors (Lipinski definition) is 6. The molecule has 6 atom stereocenters. The van der Waals surface area contributed by atoms with Crippen molar-refractivity contribution >= 4 is 35.6 Å². The number of carboxylic acid groups (broad SMARTS) is 2. The standard InChI is InChI=1S/C25H33N3O8/c1-13(14-5-3-2-4-6-14)11-19-17(23(33)28-24(19)34)10-9-16(22(27)32)18(25(35)36)8-7-15(21(26)31)12-20(29)30/h2-6,13,15-19H,7-12H2,1H3,(H2,26,31)(H2,27,32)(H,29,30)(H,35,36)(H,28,33,34). The van der Waals surface area contributed by atoms with Gasteiger partial charge in [0.1, 0.15) is 0 Å².